The molecule has 0 spiro atoms. The zero-order valence-corrected chi connectivity index (χ0v) is 11.8. The number of anilines is 1. The molecule has 0 aromatic heterocycles. The molecule has 106 valence electrons. The summed E-state index contributed by atoms with van der Waals surface area (Å²) < 4.78 is 19.6. The van der Waals surface area contributed by atoms with Crippen LogP contribution in [0.25, 0.3) is 0 Å². The molecule has 4 heteroatoms. The Morgan fingerprint density at radius 1 is 1.42 bits per heavy atom. The number of nitrogens with one attached hydrogen (secondary N) is 1. The van der Waals surface area contributed by atoms with E-state index in [1.807, 2.05) is 25.1 Å². The minimum atomic E-state index is -0.169. The number of para-hydroxylation sites is 1. The normalized spacial score (nSPS) is 14.7. The van der Waals surface area contributed by atoms with Gasteiger partial charge < -0.3 is 15.0 Å². The van der Waals surface area contributed by atoms with Gasteiger partial charge in [-0.3, -0.25) is 0 Å². The van der Waals surface area contributed by atoms with Crippen molar-refractivity contribution in [2.75, 3.05) is 38.8 Å². The lowest BCUT2D eigenvalue weighted by Crippen LogP contribution is -2.26. The highest BCUT2D eigenvalue weighted by molar-refractivity contribution is 5.54. The van der Waals surface area contributed by atoms with Gasteiger partial charge in [-0.1, -0.05) is 12.1 Å². The van der Waals surface area contributed by atoms with Gasteiger partial charge in [-0.15, -0.1) is 0 Å². The Balaban J connectivity index is 1.90. The molecule has 1 aliphatic rings. The topological polar surface area (TPSA) is 24.5 Å². The first-order valence-corrected chi connectivity index (χ1v) is 6.93. The third-order valence-corrected chi connectivity index (χ3v) is 3.44. The molecule has 2 rings (SSSR count). The Labute approximate surface area is 114 Å². The molecule has 0 unspecified atom stereocenters. The second kappa shape index (κ2) is 6.87. The Morgan fingerprint density at radius 2 is 2.21 bits per heavy atom. The largest absolute Gasteiger partial charge is 0.379 e. The van der Waals surface area contributed by atoms with Crippen molar-refractivity contribution in [3.8, 4) is 0 Å². The zero-order chi connectivity index (χ0) is 13.7. The molecule has 1 aromatic rings. The van der Waals surface area contributed by atoms with Gasteiger partial charge >= 0.3 is 0 Å². The van der Waals surface area contributed by atoms with E-state index in [2.05, 4.69) is 5.32 Å². The van der Waals surface area contributed by atoms with Gasteiger partial charge in [0.1, 0.15) is 5.82 Å². The molecule has 1 fully saturated rings. The number of rotatable bonds is 8. The SMILES string of the molecule is CNCc1cccc(F)c1N(C)CCOCC1CC1. The molecule has 1 aromatic carbocycles. The van der Waals surface area contributed by atoms with E-state index in [4.69, 9.17) is 4.74 Å². The second-order valence-electron chi connectivity index (χ2n) is 5.22. The van der Waals surface area contributed by atoms with Gasteiger partial charge in [-0.25, -0.2) is 4.39 Å². The average molecular weight is 266 g/mol. The fourth-order valence-electron chi connectivity index (χ4n) is 2.17. The van der Waals surface area contributed by atoms with Gasteiger partial charge in [0.25, 0.3) is 0 Å². The number of hydrogen-bond donors (Lipinski definition) is 1. The molecule has 1 saturated carbocycles. The van der Waals surface area contributed by atoms with Gasteiger partial charge in [0.05, 0.1) is 12.3 Å². The van der Waals surface area contributed by atoms with Crippen LogP contribution in [0.5, 0.6) is 0 Å². The van der Waals surface area contributed by atoms with Crippen LogP contribution in [0.2, 0.25) is 0 Å². The maximum absolute atomic E-state index is 14.0. The molecule has 0 aliphatic heterocycles. The summed E-state index contributed by atoms with van der Waals surface area (Å²) in [6.07, 6.45) is 2.60. The lowest BCUT2D eigenvalue weighted by atomic mass is 10.1. The number of likely N-dealkylation sites (N-methyl/N-ethyl adjacent to an activating group) is 1. The predicted octanol–water partition coefficient (Wildman–Crippen LogP) is 2.41. The van der Waals surface area contributed by atoms with Crippen LogP contribution in [-0.4, -0.2) is 33.9 Å². The summed E-state index contributed by atoms with van der Waals surface area (Å²) in [5.41, 5.74) is 1.65. The zero-order valence-electron chi connectivity index (χ0n) is 11.8. The molecule has 0 amide bonds. The highest BCUT2D eigenvalue weighted by Crippen LogP contribution is 2.28. The monoisotopic (exact) mass is 266 g/mol. The lowest BCUT2D eigenvalue weighted by molar-refractivity contribution is 0.131. The van der Waals surface area contributed by atoms with Crippen LogP contribution in [0.15, 0.2) is 18.2 Å². The molecule has 0 saturated heterocycles. The molecule has 19 heavy (non-hydrogen) atoms. The van der Waals surface area contributed by atoms with Crippen LogP contribution in [-0.2, 0) is 11.3 Å². The van der Waals surface area contributed by atoms with E-state index < -0.39 is 0 Å². The van der Waals surface area contributed by atoms with Crippen molar-refractivity contribution in [2.45, 2.75) is 19.4 Å². The minimum Gasteiger partial charge on any atom is -0.379 e. The summed E-state index contributed by atoms with van der Waals surface area (Å²) in [5, 5.41) is 3.07. The Hall–Kier alpha value is -1.13. The summed E-state index contributed by atoms with van der Waals surface area (Å²) in [7, 11) is 3.78. The molecule has 0 radical (unpaired) electrons. The first-order chi connectivity index (χ1) is 9.22. The van der Waals surface area contributed by atoms with E-state index in [0.717, 1.165) is 18.1 Å². The molecule has 0 bridgehead atoms. The molecule has 1 N–H and O–H groups in total. The van der Waals surface area contributed by atoms with Crippen molar-refractivity contribution in [3.63, 3.8) is 0 Å². The molecular weight excluding hydrogens is 243 g/mol. The number of halogens is 1. The number of hydrogen-bond acceptors (Lipinski definition) is 3. The minimum absolute atomic E-state index is 0.169. The number of ether oxygens (including phenoxy) is 1. The fraction of sp³-hybridized carbons (Fsp3) is 0.600. The van der Waals surface area contributed by atoms with Gasteiger partial charge in [-0.2, -0.15) is 0 Å². The molecular formula is C15H23FN2O. The molecule has 1 aliphatic carbocycles. The quantitative estimate of drug-likeness (QED) is 0.731. The van der Waals surface area contributed by atoms with E-state index in [1.54, 1.807) is 6.07 Å². The summed E-state index contributed by atoms with van der Waals surface area (Å²) >= 11 is 0. The summed E-state index contributed by atoms with van der Waals surface area (Å²) in [6.45, 7) is 2.89. The van der Waals surface area contributed by atoms with Crippen molar-refractivity contribution >= 4 is 5.69 Å². The molecule has 0 atom stereocenters. The van der Waals surface area contributed by atoms with E-state index in [9.17, 15) is 4.39 Å². The van der Waals surface area contributed by atoms with E-state index in [0.29, 0.717) is 25.4 Å². The lowest BCUT2D eigenvalue weighted by Gasteiger charge is -2.23. The van der Waals surface area contributed by atoms with Crippen molar-refractivity contribution in [1.29, 1.82) is 0 Å². The number of benzene rings is 1. The van der Waals surface area contributed by atoms with E-state index in [-0.39, 0.29) is 5.82 Å². The van der Waals surface area contributed by atoms with Crippen molar-refractivity contribution in [3.05, 3.63) is 29.6 Å². The van der Waals surface area contributed by atoms with Crippen LogP contribution in [0.4, 0.5) is 10.1 Å². The maximum Gasteiger partial charge on any atom is 0.146 e. The van der Waals surface area contributed by atoms with Gasteiger partial charge in [0.2, 0.25) is 0 Å². The van der Waals surface area contributed by atoms with Crippen LogP contribution >= 0.6 is 0 Å². The number of nitrogens with zero attached hydrogens (tertiary/aromatic N) is 1. The summed E-state index contributed by atoms with van der Waals surface area (Å²) in [6, 6.07) is 5.22. The third-order valence-electron chi connectivity index (χ3n) is 3.44. The van der Waals surface area contributed by atoms with E-state index >= 15 is 0 Å². The van der Waals surface area contributed by atoms with Gasteiger partial charge in [-0.05, 0) is 37.4 Å². The Kier molecular flexibility index (Phi) is 5.16. The van der Waals surface area contributed by atoms with Crippen LogP contribution in [0.3, 0.4) is 0 Å². The second-order valence-corrected chi connectivity index (χ2v) is 5.22. The van der Waals surface area contributed by atoms with Gasteiger partial charge in [0.15, 0.2) is 0 Å². The first-order valence-electron chi connectivity index (χ1n) is 6.93. The Bertz CT molecular complexity index is 407. The predicted molar refractivity (Wildman–Crippen MR) is 76.0 cm³/mol. The van der Waals surface area contributed by atoms with Crippen LogP contribution in [0.1, 0.15) is 18.4 Å². The average Bonchev–Trinajstić information content (AvgIpc) is 3.19. The first kappa shape index (κ1) is 14.3. The van der Waals surface area contributed by atoms with Crippen molar-refractivity contribution < 1.29 is 9.13 Å². The molecule has 3 nitrogen and oxygen atoms in total. The smallest absolute Gasteiger partial charge is 0.146 e. The van der Waals surface area contributed by atoms with E-state index in [1.165, 1.54) is 18.9 Å². The summed E-state index contributed by atoms with van der Waals surface area (Å²) in [5.74, 6) is 0.607. The van der Waals surface area contributed by atoms with Crippen molar-refractivity contribution in [1.82, 2.24) is 5.32 Å². The van der Waals surface area contributed by atoms with Crippen LogP contribution in [0, 0.1) is 11.7 Å². The Morgan fingerprint density at radius 3 is 2.89 bits per heavy atom. The molecule has 0 heterocycles. The fourth-order valence-corrected chi connectivity index (χ4v) is 2.17. The third kappa shape index (κ3) is 4.18. The highest BCUT2D eigenvalue weighted by atomic mass is 19.1. The standard InChI is InChI=1S/C15H23FN2O/c1-17-10-13-4-3-5-14(16)15(13)18(2)8-9-19-11-12-6-7-12/h3-5,12,17H,6-11H2,1-2H3. The summed E-state index contributed by atoms with van der Waals surface area (Å²) in [4.78, 5) is 1.94. The maximum atomic E-state index is 14.0. The highest BCUT2D eigenvalue weighted by Gasteiger charge is 2.21. The van der Waals surface area contributed by atoms with Crippen molar-refractivity contribution in [2.24, 2.45) is 5.92 Å². The van der Waals surface area contributed by atoms with Crippen LogP contribution < -0.4 is 10.2 Å². The van der Waals surface area contributed by atoms with Gasteiger partial charge in [0, 0.05) is 26.7 Å².